The quantitative estimate of drug-likeness (QED) is 0.913. The summed E-state index contributed by atoms with van der Waals surface area (Å²) >= 11 is 0. The number of aromatic nitrogens is 1. The summed E-state index contributed by atoms with van der Waals surface area (Å²) < 4.78 is 10.8. The fraction of sp³-hybridized carbons (Fsp3) is 0.286. The average molecular weight is 258 g/mol. The van der Waals surface area contributed by atoms with Gasteiger partial charge in [0.15, 0.2) is 0 Å². The van der Waals surface area contributed by atoms with Gasteiger partial charge in [-0.2, -0.15) is 0 Å². The van der Waals surface area contributed by atoms with Crippen LogP contribution < -0.4 is 5.32 Å². The molecule has 2 heterocycles. The number of anilines is 1. The molecule has 1 aromatic carbocycles. The normalized spacial score (nSPS) is 17.3. The van der Waals surface area contributed by atoms with Gasteiger partial charge in [-0.25, -0.2) is 4.98 Å². The second-order valence-electron chi connectivity index (χ2n) is 4.30. The lowest BCUT2D eigenvalue weighted by Crippen LogP contribution is -2.12. The van der Waals surface area contributed by atoms with E-state index in [1.807, 2.05) is 31.2 Å². The van der Waals surface area contributed by atoms with Crippen LogP contribution in [-0.4, -0.2) is 17.5 Å². The number of benzene rings is 1. The molecule has 0 spiro atoms. The first-order chi connectivity index (χ1) is 9.29. The highest BCUT2D eigenvalue weighted by atomic mass is 16.5. The molecule has 1 unspecified atom stereocenters. The Hall–Kier alpha value is -2.14. The van der Waals surface area contributed by atoms with Gasteiger partial charge in [-0.3, -0.25) is 4.79 Å². The number of fused-ring (bicyclic) bond motifs is 1. The first kappa shape index (κ1) is 11.9. The van der Waals surface area contributed by atoms with Crippen LogP contribution in [0.5, 0.6) is 0 Å². The molecular weight excluding hydrogens is 244 g/mol. The van der Waals surface area contributed by atoms with E-state index in [0.29, 0.717) is 24.9 Å². The Morgan fingerprint density at radius 1 is 1.42 bits per heavy atom. The van der Waals surface area contributed by atoms with Crippen LogP contribution in [0.2, 0.25) is 0 Å². The van der Waals surface area contributed by atoms with Gasteiger partial charge in [0.05, 0.1) is 6.20 Å². The number of carbonyl (C=O) groups is 1. The Morgan fingerprint density at radius 2 is 2.26 bits per heavy atom. The highest BCUT2D eigenvalue weighted by Crippen LogP contribution is 2.36. The van der Waals surface area contributed by atoms with Crippen molar-refractivity contribution < 1.29 is 13.9 Å². The molecule has 5 heteroatoms. The average Bonchev–Trinajstić information content (AvgIpc) is 2.99. The number of para-hydroxylation sites is 1. The number of rotatable bonds is 4. The van der Waals surface area contributed by atoms with Crippen LogP contribution in [0.3, 0.4) is 0 Å². The van der Waals surface area contributed by atoms with Gasteiger partial charge in [-0.05, 0) is 18.6 Å². The number of oxazole rings is 1. The molecule has 1 atom stereocenters. The van der Waals surface area contributed by atoms with E-state index >= 15 is 0 Å². The van der Waals surface area contributed by atoms with Crippen LogP contribution in [0.15, 0.2) is 34.9 Å². The SMILES string of the molecule is CCOCc1ncc(C2C(=O)Nc3ccccc32)o1. The van der Waals surface area contributed by atoms with Crippen LogP contribution in [0.4, 0.5) is 5.69 Å². The molecular formula is C14H14N2O3. The monoisotopic (exact) mass is 258 g/mol. The smallest absolute Gasteiger partial charge is 0.239 e. The van der Waals surface area contributed by atoms with Gasteiger partial charge in [0, 0.05) is 12.3 Å². The number of hydrogen-bond acceptors (Lipinski definition) is 4. The Bertz CT molecular complexity index is 606. The van der Waals surface area contributed by atoms with E-state index in [2.05, 4.69) is 10.3 Å². The maximum Gasteiger partial charge on any atom is 0.239 e. The standard InChI is InChI=1S/C14H14N2O3/c1-2-18-8-12-15-7-11(19-12)13-9-5-3-4-6-10(9)16-14(13)17/h3-7,13H,2,8H2,1H3,(H,16,17). The van der Waals surface area contributed by atoms with E-state index < -0.39 is 5.92 Å². The van der Waals surface area contributed by atoms with Crippen LogP contribution in [0.1, 0.15) is 30.1 Å². The van der Waals surface area contributed by atoms with Gasteiger partial charge in [-0.15, -0.1) is 0 Å². The van der Waals surface area contributed by atoms with Gasteiger partial charge < -0.3 is 14.5 Å². The minimum absolute atomic E-state index is 0.0830. The summed E-state index contributed by atoms with van der Waals surface area (Å²) in [5.41, 5.74) is 1.76. The lowest BCUT2D eigenvalue weighted by molar-refractivity contribution is -0.116. The number of amides is 1. The Kier molecular flexibility index (Phi) is 3.05. The molecule has 98 valence electrons. The molecule has 1 aliphatic heterocycles. The first-order valence-corrected chi connectivity index (χ1v) is 6.21. The highest BCUT2D eigenvalue weighted by Gasteiger charge is 2.34. The van der Waals surface area contributed by atoms with Crippen LogP contribution in [-0.2, 0) is 16.1 Å². The zero-order valence-electron chi connectivity index (χ0n) is 10.6. The van der Waals surface area contributed by atoms with Crippen molar-refractivity contribution in [3.63, 3.8) is 0 Å². The van der Waals surface area contributed by atoms with Gasteiger partial charge >= 0.3 is 0 Å². The summed E-state index contributed by atoms with van der Waals surface area (Å²) in [7, 11) is 0. The van der Waals surface area contributed by atoms with Gasteiger partial charge in [0.2, 0.25) is 11.8 Å². The van der Waals surface area contributed by atoms with Gasteiger partial charge in [-0.1, -0.05) is 18.2 Å². The second-order valence-corrected chi connectivity index (χ2v) is 4.30. The van der Waals surface area contributed by atoms with E-state index in [1.165, 1.54) is 0 Å². The fourth-order valence-corrected chi connectivity index (χ4v) is 2.21. The summed E-state index contributed by atoms with van der Waals surface area (Å²) in [5, 5.41) is 2.84. The van der Waals surface area contributed by atoms with Crippen molar-refractivity contribution in [3.8, 4) is 0 Å². The van der Waals surface area contributed by atoms with Crippen molar-refractivity contribution in [3.05, 3.63) is 47.7 Å². The van der Waals surface area contributed by atoms with Gasteiger partial charge in [0.1, 0.15) is 18.3 Å². The second kappa shape index (κ2) is 4.85. The molecule has 0 saturated heterocycles. The predicted molar refractivity (Wildman–Crippen MR) is 68.7 cm³/mol. The number of nitrogens with zero attached hydrogens (tertiary/aromatic N) is 1. The molecule has 2 aromatic rings. The van der Waals surface area contributed by atoms with Crippen molar-refractivity contribution >= 4 is 11.6 Å². The summed E-state index contributed by atoms with van der Waals surface area (Å²) in [4.78, 5) is 16.2. The highest BCUT2D eigenvalue weighted by molar-refractivity contribution is 6.04. The summed E-state index contributed by atoms with van der Waals surface area (Å²) in [6.45, 7) is 2.83. The third kappa shape index (κ3) is 2.13. The van der Waals surface area contributed by atoms with E-state index in [-0.39, 0.29) is 5.91 Å². The lowest BCUT2D eigenvalue weighted by Gasteiger charge is -2.04. The van der Waals surface area contributed by atoms with Crippen LogP contribution >= 0.6 is 0 Å². The maximum atomic E-state index is 12.0. The third-order valence-corrected chi connectivity index (χ3v) is 3.08. The van der Waals surface area contributed by atoms with E-state index in [9.17, 15) is 4.79 Å². The third-order valence-electron chi connectivity index (χ3n) is 3.08. The molecule has 1 N–H and O–H groups in total. The van der Waals surface area contributed by atoms with E-state index in [1.54, 1.807) is 6.20 Å². The lowest BCUT2D eigenvalue weighted by atomic mass is 9.99. The van der Waals surface area contributed by atoms with E-state index in [4.69, 9.17) is 9.15 Å². The largest absolute Gasteiger partial charge is 0.442 e. The van der Waals surface area contributed by atoms with Crippen molar-refractivity contribution in [2.45, 2.75) is 19.4 Å². The predicted octanol–water partition coefficient (Wildman–Crippen LogP) is 2.30. The fourth-order valence-electron chi connectivity index (χ4n) is 2.21. The minimum atomic E-state index is -0.418. The molecule has 1 aliphatic rings. The summed E-state index contributed by atoms with van der Waals surface area (Å²) in [6.07, 6.45) is 1.60. The van der Waals surface area contributed by atoms with Crippen molar-refractivity contribution in [1.82, 2.24) is 4.98 Å². The van der Waals surface area contributed by atoms with Crippen molar-refractivity contribution in [2.24, 2.45) is 0 Å². The summed E-state index contributed by atoms with van der Waals surface area (Å²) in [5.74, 6) is 0.547. The zero-order chi connectivity index (χ0) is 13.2. The Morgan fingerprint density at radius 3 is 3.11 bits per heavy atom. The number of nitrogens with one attached hydrogen (secondary N) is 1. The molecule has 0 bridgehead atoms. The Balaban J connectivity index is 1.90. The van der Waals surface area contributed by atoms with Crippen molar-refractivity contribution in [1.29, 1.82) is 0 Å². The molecule has 0 saturated carbocycles. The summed E-state index contributed by atoms with van der Waals surface area (Å²) in [6, 6.07) is 7.60. The number of hydrogen-bond donors (Lipinski definition) is 1. The minimum Gasteiger partial charge on any atom is -0.442 e. The molecule has 0 radical (unpaired) electrons. The Labute approximate surface area is 110 Å². The number of ether oxygens (including phenoxy) is 1. The molecule has 0 fully saturated rings. The van der Waals surface area contributed by atoms with Gasteiger partial charge in [0.25, 0.3) is 0 Å². The van der Waals surface area contributed by atoms with Crippen molar-refractivity contribution in [2.75, 3.05) is 11.9 Å². The van der Waals surface area contributed by atoms with Crippen LogP contribution in [0, 0.1) is 0 Å². The molecule has 19 heavy (non-hydrogen) atoms. The molecule has 1 amide bonds. The van der Waals surface area contributed by atoms with E-state index in [0.717, 1.165) is 11.3 Å². The molecule has 0 aliphatic carbocycles. The topological polar surface area (TPSA) is 64.4 Å². The molecule has 3 rings (SSSR count). The molecule has 5 nitrogen and oxygen atoms in total. The zero-order valence-corrected chi connectivity index (χ0v) is 10.6. The first-order valence-electron chi connectivity index (χ1n) is 6.21. The number of carbonyl (C=O) groups excluding carboxylic acids is 1. The van der Waals surface area contributed by atoms with Crippen LogP contribution in [0.25, 0.3) is 0 Å². The molecule has 1 aromatic heterocycles. The maximum absolute atomic E-state index is 12.0.